The zero-order chi connectivity index (χ0) is 15.8. The molecule has 0 fully saturated rings. The first-order valence-corrected chi connectivity index (χ1v) is 6.82. The molecule has 0 spiro atoms. The van der Waals surface area contributed by atoms with Crippen LogP contribution in [0.1, 0.15) is 39.3 Å². The predicted molar refractivity (Wildman–Crippen MR) is 77.4 cm³/mol. The number of nitrogens with zero attached hydrogens (tertiary/aromatic N) is 1. The van der Waals surface area contributed by atoms with Crippen LogP contribution in [0, 0.1) is 22.9 Å². The molecule has 1 atom stereocenters. The minimum absolute atomic E-state index is 0.0188. The summed E-state index contributed by atoms with van der Waals surface area (Å²) in [6, 6.07) is 7.26. The van der Waals surface area contributed by atoms with Crippen LogP contribution in [0.15, 0.2) is 30.3 Å². The van der Waals surface area contributed by atoms with Gasteiger partial charge in [0.15, 0.2) is 17.5 Å². The summed E-state index contributed by atoms with van der Waals surface area (Å²) < 4.78 is 39.7. The smallest absolute Gasteiger partial charge is 0.194 e. The van der Waals surface area contributed by atoms with Gasteiger partial charge in [-0.25, -0.2) is 13.2 Å². The standard InChI is InChI=1S/C17H18F3N/c1-10(17(2,3)4)14-6-5-7-15(21-14)11-8-12(18)16(20)13(19)9-11/h5-10H,1-4H3/t10-/m0/s1. The third kappa shape index (κ3) is 3.26. The lowest BCUT2D eigenvalue weighted by Crippen LogP contribution is -2.16. The molecule has 0 unspecified atom stereocenters. The lowest BCUT2D eigenvalue weighted by atomic mass is 9.80. The van der Waals surface area contributed by atoms with E-state index in [1.807, 2.05) is 6.07 Å². The van der Waals surface area contributed by atoms with E-state index in [9.17, 15) is 13.2 Å². The SMILES string of the molecule is C[C@@H](c1cccc(-c2cc(F)c(F)c(F)c2)n1)C(C)(C)C. The molecular formula is C17H18F3N. The Morgan fingerprint density at radius 1 is 1.00 bits per heavy atom. The molecule has 1 aromatic heterocycles. The van der Waals surface area contributed by atoms with E-state index >= 15 is 0 Å². The Labute approximate surface area is 122 Å². The third-order valence-electron chi connectivity index (χ3n) is 3.79. The number of aromatic nitrogens is 1. The summed E-state index contributed by atoms with van der Waals surface area (Å²) in [4.78, 5) is 4.47. The molecule has 1 aromatic carbocycles. The maximum absolute atomic E-state index is 13.3. The van der Waals surface area contributed by atoms with Crippen LogP contribution < -0.4 is 0 Å². The summed E-state index contributed by atoms with van der Waals surface area (Å²) in [6.45, 7) is 8.35. The Morgan fingerprint density at radius 3 is 2.10 bits per heavy atom. The molecule has 0 amide bonds. The fourth-order valence-corrected chi connectivity index (χ4v) is 2.00. The van der Waals surface area contributed by atoms with Gasteiger partial charge in [-0.2, -0.15) is 0 Å². The van der Waals surface area contributed by atoms with Crippen molar-refractivity contribution in [3.63, 3.8) is 0 Å². The zero-order valence-electron chi connectivity index (χ0n) is 12.5. The van der Waals surface area contributed by atoms with Gasteiger partial charge in [-0.05, 0) is 29.7 Å². The number of halogens is 3. The van der Waals surface area contributed by atoms with E-state index < -0.39 is 17.5 Å². The number of hydrogen-bond acceptors (Lipinski definition) is 1. The average molecular weight is 293 g/mol. The van der Waals surface area contributed by atoms with Crippen LogP contribution in [-0.2, 0) is 0 Å². The van der Waals surface area contributed by atoms with Crippen LogP contribution in [0.4, 0.5) is 13.2 Å². The quantitative estimate of drug-likeness (QED) is 0.683. The van der Waals surface area contributed by atoms with Crippen molar-refractivity contribution in [1.82, 2.24) is 4.98 Å². The summed E-state index contributed by atoms with van der Waals surface area (Å²) >= 11 is 0. The Balaban J connectivity index is 2.47. The topological polar surface area (TPSA) is 12.9 Å². The van der Waals surface area contributed by atoms with Crippen molar-refractivity contribution in [3.8, 4) is 11.3 Å². The van der Waals surface area contributed by atoms with Gasteiger partial charge < -0.3 is 0 Å². The molecule has 0 bridgehead atoms. The molecular weight excluding hydrogens is 275 g/mol. The molecule has 0 saturated heterocycles. The Bertz CT molecular complexity index is 636. The van der Waals surface area contributed by atoms with Crippen molar-refractivity contribution in [2.45, 2.75) is 33.6 Å². The highest BCUT2D eigenvalue weighted by Crippen LogP contribution is 2.34. The summed E-state index contributed by atoms with van der Waals surface area (Å²) in [6.07, 6.45) is 0. The van der Waals surface area contributed by atoms with E-state index in [-0.39, 0.29) is 16.9 Å². The van der Waals surface area contributed by atoms with Gasteiger partial charge in [0.25, 0.3) is 0 Å². The van der Waals surface area contributed by atoms with Crippen molar-refractivity contribution < 1.29 is 13.2 Å². The molecule has 0 N–H and O–H groups in total. The van der Waals surface area contributed by atoms with Gasteiger partial charge >= 0.3 is 0 Å². The molecule has 1 heterocycles. The van der Waals surface area contributed by atoms with Crippen molar-refractivity contribution in [2.75, 3.05) is 0 Å². The highest BCUT2D eigenvalue weighted by atomic mass is 19.2. The third-order valence-corrected chi connectivity index (χ3v) is 3.79. The second-order valence-corrected chi connectivity index (χ2v) is 6.29. The van der Waals surface area contributed by atoms with Crippen molar-refractivity contribution in [1.29, 1.82) is 0 Å². The van der Waals surface area contributed by atoms with Gasteiger partial charge in [-0.15, -0.1) is 0 Å². The van der Waals surface area contributed by atoms with E-state index in [1.165, 1.54) is 0 Å². The molecule has 112 valence electrons. The molecule has 0 aliphatic carbocycles. The van der Waals surface area contributed by atoms with Crippen molar-refractivity contribution in [3.05, 3.63) is 53.5 Å². The Hall–Kier alpha value is -1.84. The fourth-order valence-electron chi connectivity index (χ4n) is 2.00. The zero-order valence-corrected chi connectivity index (χ0v) is 12.5. The van der Waals surface area contributed by atoms with Gasteiger partial charge in [0.05, 0.1) is 5.69 Å². The second-order valence-electron chi connectivity index (χ2n) is 6.29. The van der Waals surface area contributed by atoms with Crippen LogP contribution in [0.25, 0.3) is 11.3 Å². The monoisotopic (exact) mass is 293 g/mol. The molecule has 0 aliphatic rings. The van der Waals surface area contributed by atoms with E-state index in [0.717, 1.165) is 17.8 Å². The first-order valence-electron chi connectivity index (χ1n) is 6.82. The molecule has 0 radical (unpaired) electrons. The van der Waals surface area contributed by atoms with Crippen LogP contribution in [0.2, 0.25) is 0 Å². The van der Waals surface area contributed by atoms with E-state index in [2.05, 4.69) is 32.7 Å². The van der Waals surface area contributed by atoms with Crippen LogP contribution in [0.5, 0.6) is 0 Å². The van der Waals surface area contributed by atoms with Gasteiger partial charge in [0.2, 0.25) is 0 Å². The van der Waals surface area contributed by atoms with E-state index in [0.29, 0.717) is 5.69 Å². The average Bonchev–Trinajstić information content (AvgIpc) is 2.42. The van der Waals surface area contributed by atoms with E-state index in [4.69, 9.17) is 0 Å². The highest BCUT2D eigenvalue weighted by molar-refractivity contribution is 5.59. The highest BCUT2D eigenvalue weighted by Gasteiger charge is 2.23. The first-order chi connectivity index (χ1) is 9.70. The number of rotatable bonds is 2. The fraction of sp³-hybridized carbons (Fsp3) is 0.353. The number of hydrogen-bond donors (Lipinski definition) is 0. The molecule has 2 rings (SSSR count). The predicted octanol–water partition coefficient (Wildman–Crippen LogP) is 5.32. The lowest BCUT2D eigenvalue weighted by molar-refractivity contribution is 0.334. The van der Waals surface area contributed by atoms with Gasteiger partial charge in [0.1, 0.15) is 0 Å². The van der Waals surface area contributed by atoms with Crippen LogP contribution in [0.3, 0.4) is 0 Å². The molecule has 21 heavy (non-hydrogen) atoms. The summed E-state index contributed by atoms with van der Waals surface area (Å²) in [5.74, 6) is -3.70. The van der Waals surface area contributed by atoms with Gasteiger partial charge in [-0.1, -0.05) is 33.8 Å². The Kier molecular flexibility index (Phi) is 4.08. The largest absolute Gasteiger partial charge is 0.253 e. The van der Waals surface area contributed by atoms with Crippen LogP contribution >= 0.6 is 0 Å². The summed E-state index contributed by atoms with van der Waals surface area (Å²) in [5, 5.41) is 0. The maximum Gasteiger partial charge on any atom is 0.194 e. The minimum Gasteiger partial charge on any atom is -0.253 e. The number of pyridine rings is 1. The molecule has 4 heteroatoms. The number of benzene rings is 1. The second kappa shape index (κ2) is 5.51. The molecule has 1 nitrogen and oxygen atoms in total. The van der Waals surface area contributed by atoms with Gasteiger partial charge in [0, 0.05) is 17.2 Å². The Morgan fingerprint density at radius 2 is 1.57 bits per heavy atom. The van der Waals surface area contributed by atoms with Crippen LogP contribution in [-0.4, -0.2) is 4.98 Å². The maximum atomic E-state index is 13.3. The van der Waals surface area contributed by atoms with Gasteiger partial charge in [-0.3, -0.25) is 4.98 Å². The normalized spacial score (nSPS) is 13.3. The minimum atomic E-state index is -1.46. The molecule has 2 aromatic rings. The molecule has 0 saturated carbocycles. The first kappa shape index (κ1) is 15.5. The lowest BCUT2D eigenvalue weighted by Gasteiger charge is -2.27. The summed E-state index contributed by atoms with van der Waals surface area (Å²) in [7, 11) is 0. The van der Waals surface area contributed by atoms with Crippen molar-refractivity contribution >= 4 is 0 Å². The van der Waals surface area contributed by atoms with Crippen molar-refractivity contribution in [2.24, 2.45) is 5.41 Å². The molecule has 0 aliphatic heterocycles. The van der Waals surface area contributed by atoms with E-state index in [1.54, 1.807) is 12.1 Å². The summed E-state index contributed by atoms with van der Waals surface area (Å²) in [5.41, 5.74) is 1.52.